The molecule has 2 heterocycles. The second-order valence-corrected chi connectivity index (χ2v) is 22.5. The number of hydrogen-bond donors (Lipinski definition) is 2. The van der Waals surface area contributed by atoms with Crippen molar-refractivity contribution in [1.82, 2.24) is 20.4 Å². The Bertz CT molecular complexity index is 2620. The molecule has 18 heteroatoms. The number of urea groups is 1. The van der Waals surface area contributed by atoms with E-state index in [4.69, 9.17) is 27.8 Å². The van der Waals surface area contributed by atoms with Crippen LogP contribution in [0.1, 0.15) is 100.0 Å². The molecule has 16 nitrogen and oxygen atoms in total. The van der Waals surface area contributed by atoms with Crippen LogP contribution in [0.25, 0.3) is 0 Å². The lowest BCUT2D eigenvalue weighted by molar-refractivity contribution is -0.199. The molecule has 0 radical (unpaired) electrons. The molecule has 5 fully saturated rings. The number of benzene rings is 4. The molecule has 71 heavy (non-hydrogen) atoms. The highest BCUT2D eigenvalue weighted by molar-refractivity contribution is 7.62. The zero-order valence-corrected chi connectivity index (χ0v) is 42.6. The van der Waals surface area contributed by atoms with E-state index in [0.717, 1.165) is 28.9 Å². The Morgan fingerprint density at radius 3 is 2.04 bits per heavy atom. The summed E-state index contributed by atoms with van der Waals surface area (Å²) in [6, 6.07) is 27.2. The van der Waals surface area contributed by atoms with Gasteiger partial charge < -0.3 is 43.4 Å². The second-order valence-electron chi connectivity index (χ2n) is 20.5. The van der Waals surface area contributed by atoms with Gasteiger partial charge in [-0.1, -0.05) is 98.8 Å². The van der Waals surface area contributed by atoms with Gasteiger partial charge in [0, 0.05) is 19.6 Å². The third-order valence-electron chi connectivity index (χ3n) is 14.5. The molecule has 0 aromatic heterocycles. The maximum Gasteiger partial charge on any atom is 0.482 e. The number of methoxy groups -OCH3 is 1. The summed E-state index contributed by atoms with van der Waals surface area (Å²) in [7, 11) is -3.59. The van der Waals surface area contributed by atoms with E-state index in [1.165, 1.54) is 36.3 Å². The predicted octanol–water partition coefficient (Wildman–Crippen LogP) is 7.34. The summed E-state index contributed by atoms with van der Waals surface area (Å²) in [4.78, 5) is 71.4. The zero-order valence-electron chi connectivity index (χ0n) is 41.7. The maximum atomic E-state index is 15.2. The first-order chi connectivity index (χ1) is 33.7. The van der Waals surface area contributed by atoms with Crippen molar-refractivity contribution in [2.45, 2.75) is 110 Å². The highest BCUT2D eigenvalue weighted by Crippen LogP contribution is 2.66. The lowest BCUT2D eigenvalue weighted by Crippen LogP contribution is -2.65. The van der Waals surface area contributed by atoms with Crippen molar-refractivity contribution in [2.24, 2.45) is 17.3 Å². The van der Waals surface area contributed by atoms with Crippen LogP contribution in [0, 0.1) is 17.3 Å². The smallest absolute Gasteiger partial charge is 0.482 e. The first-order valence-corrected chi connectivity index (χ1v) is 25.8. The molecule has 4 aromatic carbocycles. The van der Waals surface area contributed by atoms with Crippen LogP contribution in [0.5, 0.6) is 5.75 Å². The standard InChI is InChI=1S/C53H64BN4O12P/c1-9-57-27-28-58(48(61)47(57)60)50(63)56-44(36-23-25-39(26-24-36)71(64,66-32-34-17-12-10-13-18-34)67-33-35-19-14-11-15-20-35)46(59)55-43(54-69-42-31-38-30-41(52(38,5)6)53(42,7)70-54)29-37-21-16-22-40(45(37)65-8)49(62)68-51(2,3)4/h10-26,38,41-44H,9,27-33H2,1-8H3,(H,55,59)(H,56,63)/t38-,41-,42+,43?,44?,53-/m0/s1. The number of nitrogens with one attached hydrogen (secondary N) is 2. The van der Waals surface area contributed by atoms with Gasteiger partial charge in [-0.2, -0.15) is 0 Å². The van der Waals surface area contributed by atoms with Crippen LogP contribution < -0.4 is 20.7 Å². The third-order valence-corrected chi connectivity index (χ3v) is 16.3. The lowest BCUT2D eigenvalue weighted by Gasteiger charge is -2.64. The average molecular weight is 991 g/mol. The van der Waals surface area contributed by atoms with E-state index in [1.54, 1.807) is 45.9 Å². The van der Waals surface area contributed by atoms with Crippen molar-refractivity contribution in [3.63, 3.8) is 0 Å². The fourth-order valence-electron chi connectivity index (χ4n) is 10.4. The summed E-state index contributed by atoms with van der Waals surface area (Å²) in [5.74, 6) is -3.25. The Morgan fingerprint density at radius 1 is 0.831 bits per heavy atom. The van der Waals surface area contributed by atoms with Gasteiger partial charge in [0.15, 0.2) is 0 Å². The Kier molecular flexibility index (Phi) is 15.0. The zero-order chi connectivity index (χ0) is 50.9. The van der Waals surface area contributed by atoms with Crippen molar-refractivity contribution in [2.75, 3.05) is 26.7 Å². The number of rotatable bonds is 17. The molecule has 2 bridgehead atoms. The van der Waals surface area contributed by atoms with Crippen molar-refractivity contribution in [3.05, 3.63) is 131 Å². The van der Waals surface area contributed by atoms with E-state index < -0.39 is 67.6 Å². The molecule has 2 aliphatic heterocycles. The molecule has 5 aliphatic rings. The van der Waals surface area contributed by atoms with Crippen LogP contribution in [-0.4, -0.2) is 96.6 Å². The molecular weight excluding hydrogens is 926 g/mol. The van der Waals surface area contributed by atoms with Crippen molar-refractivity contribution < 1.29 is 56.4 Å². The molecule has 6 atom stereocenters. The molecule has 2 saturated heterocycles. The average Bonchev–Trinajstić information content (AvgIpc) is 3.72. The number of ether oxygens (including phenoxy) is 2. The third kappa shape index (κ3) is 10.9. The fourth-order valence-corrected chi connectivity index (χ4v) is 12.0. The number of hydrogen-bond acceptors (Lipinski definition) is 12. The molecular formula is C53H64BN4O12P. The summed E-state index contributed by atoms with van der Waals surface area (Å²) < 4.78 is 52.3. The topological polar surface area (TPSA) is 188 Å². The SMILES string of the molecule is CCN1CCN(C(=O)NC(C(=O)NC(Cc2cccc(C(=O)OC(C)(C)C)c2OC)B2O[C@@H]3C[C@@H]4C[C@@H](C4(C)C)[C@]3(C)O2)c2ccc(P(=O)(OCc3ccccc3)OCc3ccccc3)cc2)C(=O)C1=O. The van der Waals surface area contributed by atoms with Gasteiger partial charge in [-0.05, 0) is 112 Å². The van der Waals surface area contributed by atoms with Crippen LogP contribution in [0.2, 0.25) is 0 Å². The van der Waals surface area contributed by atoms with Crippen LogP contribution in [0.4, 0.5) is 4.79 Å². The fraction of sp³-hybridized carbons (Fsp3) is 0.453. The first-order valence-electron chi connectivity index (χ1n) is 24.3. The molecule has 0 spiro atoms. The summed E-state index contributed by atoms with van der Waals surface area (Å²) in [6.07, 6.45) is 1.53. The number of piperazine rings is 1. The molecule has 3 aliphatic carbocycles. The quantitative estimate of drug-likeness (QED) is 0.0465. The van der Waals surface area contributed by atoms with E-state index in [1.807, 2.05) is 60.7 Å². The minimum Gasteiger partial charge on any atom is -0.496 e. The second kappa shape index (κ2) is 20.7. The van der Waals surface area contributed by atoms with Gasteiger partial charge in [-0.15, -0.1) is 0 Å². The highest BCUT2D eigenvalue weighted by atomic mass is 31.2. The van der Waals surface area contributed by atoms with Gasteiger partial charge in [0.2, 0.25) is 5.91 Å². The molecule has 5 amide bonds. The number of carbonyl (C=O) groups is 5. The number of para-hydroxylation sites is 1. The minimum atomic E-state index is -4.05. The van der Waals surface area contributed by atoms with Crippen molar-refractivity contribution in [3.8, 4) is 5.75 Å². The lowest BCUT2D eigenvalue weighted by atomic mass is 9.43. The van der Waals surface area contributed by atoms with Gasteiger partial charge >= 0.3 is 38.5 Å². The molecule has 4 aromatic rings. The maximum absolute atomic E-state index is 15.2. The summed E-state index contributed by atoms with van der Waals surface area (Å²) in [5, 5.41) is 6.05. The summed E-state index contributed by atoms with van der Waals surface area (Å²) in [6.45, 7) is 13.9. The van der Waals surface area contributed by atoms with Crippen LogP contribution in [-0.2, 0) is 61.7 Å². The van der Waals surface area contributed by atoms with E-state index in [9.17, 15) is 23.7 Å². The molecule has 2 N–H and O–H groups in total. The summed E-state index contributed by atoms with van der Waals surface area (Å²) in [5.41, 5.74) is 1.06. The molecule has 3 saturated carbocycles. The van der Waals surface area contributed by atoms with Gasteiger partial charge in [0.25, 0.3) is 0 Å². The number of esters is 1. The first kappa shape index (κ1) is 51.5. The highest BCUT2D eigenvalue weighted by Gasteiger charge is 2.68. The van der Waals surface area contributed by atoms with Gasteiger partial charge in [0.1, 0.15) is 23.0 Å². The number of nitrogens with zero attached hydrogens (tertiary/aromatic N) is 2. The van der Waals surface area contributed by atoms with Crippen molar-refractivity contribution >= 4 is 49.7 Å². The Morgan fingerprint density at radius 2 is 1.46 bits per heavy atom. The Labute approximate surface area is 416 Å². The molecule has 2 unspecified atom stereocenters. The van der Waals surface area contributed by atoms with Gasteiger partial charge in [0.05, 0.1) is 43.3 Å². The molecule has 376 valence electrons. The van der Waals surface area contributed by atoms with E-state index >= 15 is 4.79 Å². The van der Waals surface area contributed by atoms with E-state index in [2.05, 4.69) is 31.4 Å². The predicted molar refractivity (Wildman–Crippen MR) is 265 cm³/mol. The monoisotopic (exact) mass is 990 g/mol. The number of carbonyl (C=O) groups excluding carboxylic acids is 5. The minimum absolute atomic E-state index is 0.0132. The molecule has 9 rings (SSSR count). The normalized spacial score (nSPS) is 22.5. The number of likely N-dealkylation sites (N-methyl/N-ethyl adjacent to an activating group) is 1. The van der Waals surface area contributed by atoms with Crippen molar-refractivity contribution in [1.29, 1.82) is 0 Å². The number of imide groups is 1. The van der Waals surface area contributed by atoms with Crippen LogP contribution >= 0.6 is 7.60 Å². The van der Waals surface area contributed by atoms with Gasteiger partial charge in [-0.25, -0.2) is 9.59 Å². The van der Waals surface area contributed by atoms with Gasteiger partial charge in [-0.3, -0.25) is 23.8 Å². The van der Waals surface area contributed by atoms with Crippen LogP contribution in [0.15, 0.2) is 103 Å². The summed E-state index contributed by atoms with van der Waals surface area (Å²) >= 11 is 0. The van der Waals surface area contributed by atoms with E-state index in [0.29, 0.717) is 11.5 Å². The van der Waals surface area contributed by atoms with Crippen LogP contribution in [0.3, 0.4) is 0 Å². The van der Waals surface area contributed by atoms with E-state index in [-0.39, 0.29) is 78.9 Å². The largest absolute Gasteiger partial charge is 0.496 e. The Hall–Kier alpha value is -5.84. The Balaban J connectivity index is 1.14. The number of amides is 5.